The molecule has 0 aliphatic heterocycles. The second kappa shape index (κ2) is 7.48. The van der Waals surface area contributed by atoms with Gasteiger partial charge in [0.15, 0.2) is 0 Å². The van der Waals surface area contributed by atoms with Gasteiger partial charge in [0.25, 0.3) is 0 Å². The van der Waals surface area contributed by atoms with Crippen molar-refractivity contribution < 1.29 is 0 Å². The minimum Gasteiger partial charge on any atom is -0.192 e. The van der Waals surface area contributed by atoms with Crippen LogP contribution in [0.2, 0.25) is 0 Å². The first-order valence-corrected chi connectivity index (χ1v) is 5.84. The van der Waals surface area contributed by atoms with Crippen LogP contribution in [0.25, 0.3) is 5.57 Å². The first kappa shape index (κ1) is 14.2. The molecule has 0 atom stereocenters. The van der Waals surface area contributed by atoms with E-state index in [1.54, 1.807) is 18.2 Å². The van der Waals surface area contributed by atoms with Gasteiger partial charge in [-0.05, 0) is 18.1 Å². The third kappa shape index (κ3) is 3.56. The number of hydrogen-bond acceptors (Lipinski definition) is 2. The predicted molar refractivity (Wildman–Crippen MR) is 77.7 cm³/mol. The summed E-state index contributed by atoms with van der Waals surface area (Å²) in [5, 5.41) is 18.7. The molecule has 0 aromatic heterocycles. The van der Waals surface area contributed by atoms with Crippen molar-refractivity contribution in [2.75, 3.05) is 0 Å². The van der Waals surface area contributed by atoms with Crippen LogP contribution >= 0.6 is 0 Å². The van der Waals surface area contributed by atoms with Crippen LogP contribution in [0.15, 0.2) is 72.4 Å². The van der Waals surface area contributed by atoms with E-state index in [9.17, 15) is 10.5 Å². The first-order chi connectivity index (χ1) is 9.28. The Labute approximate surface area is 113 Å². The zero-order chi connectivity index (χ0) is 14.1. The smallest absolute Gasteiger partial charge is 0.101 e. The van der Waals surface area contributed by atoms with Gasteiger partial charge in [-0.15, -0.1) is 0 Å². The fraction of sp³-hybridized carbons (Fsp3) is 0.0588. The molecular formula is C17H14N2. The van der Waals surface area contributed by atoms with Crippen molar-refractivity contribution in [3.05, 3.63) is 77.9 Å². The van der Waals surface area contributed by atoms with Crippen molar-refractivity contribution in [3.63, 3.8) is 0 Å². The lowest BCUT2D eigenvalue weighted by Gasteiger charge is -2.04. The highest BCUT2D eigenvalue weighted by Gasteiger charge is 2.11. The second-order valence-electron chi connectivity index (χ2n) is 3.70. The molecular weight excluding hydrogens is 232 g/mol. The summed E-state index contributed by atoms with van der Waals surface area (Å²) in [5.74, 6) is 0. The summed E-state index contributed by atoms with van der Waals surface area (Å²) in [7, 11) is 0. The monoisotopic (exact) mass is 246 g/mol. The third-order valence-corrected chi connectivity index (χ3v) is 2.47. The standard InChI is InChI=1S/C17H14N2/c1-3-8-14(9-4-2)16(12-18)17(13-19)15-10-6-5-7-11-15/h3-11H,1H2,2H3/b9-4-,14-8+,17-16-. The molecule has 0 heterocycles. The first-order valence-electron chi connectivity index (χ1n) is 5.84. The van der Waals surface area contributed by atoms with E-state index in [1.807, 2.05) is 43.3 Å². The van der Waals surface area contributed by atoms with Crippen molar-refractivity contribution in [2.24, 2.45) is 0 Å². The van der Waals surface area contributed by atoms with E-state index in [-0.39, 0.29) is 0 Å². The molecule has 0 amide bonds. The molecule has 0 saturated carbocycles. The minimum atomic E-state index is 0.353. The Hall–Kier alpha value is -2.84. The van der Waals surface area contributed by atoms with E-state index in [4.69, 9.17) is 0 Å². The summed E-state index contributed by atoms with van der Waals surface area (Å²) in [5.41, 5.74) is 2.14. The van der Waals surface area contributed by atoms with Crippen molar-refractivity contribution in [1.29, 1.82) is 10.5 Å². The van der Waals surface area contributed by atoms with Gasteiger partial charge in [0, 0.05) is 0 Å². The zero-order valence-corrected chi connectivity index (χ0v) is 10.8. The van der Waals surface area contributed by atoms with E-state index >= 15 is 0 Å². The fourth-order valence-electron chi connectivity index (χ4n) is 1.66. The summed E-state index contributed by atoms with van der Waals surface area (Å²) in [6, 6.07) is 13.4. The molecule has 1 aromatic carbocycles. The Morgan fingerprint density at radius 3 is 2.32 bits per heavy atom. The summed E-state index contributed by atoms with van der Waals surface area (Å²) < 4.78 is 0. The molecule has 2 nitrogen and oxygen atoms in total. The molecule has 1 aromatic rings. The molecule has 0 unspecified atom stereocenters. The minimum absolute atomic E-state index is 0.353. The van der Waals surface area contributed by atoms with Crippen LogP contribution in [0.5, 0.6) is 0 Å². The van der Waals surface area contributed by atoms with Gasteiger partial charge in [0.2, 0.25) is 0 Å². The van der Waals surface area contributed by atoms with Crippen molar-refractivity contribution in [3.8, 4) is 12.1 Å². The second-order valence-corrected chi connectivity index (χ2v) is 3.70. The molecule has 0 N–H and O–H groups in total. The van der Waals surface area contributed by atoms with Crippen LogP contribution in [-0.2, 0) is 0 Å². The molecule has 0 spiro atoms. The molecule has 2 heteroatoms. The van der Waals surface area contributed by atoms with Gasteiger partial charge < -0.3 is 0 Å². The third-order valence-electron chi connectivity index (χ3n) is 2.47. The Balaban J connectivity index is 3.52. The Bertz CT molecular complexity index is 617. The number of nitrogens with zero attached hydrogens (tertiary/aromatic N) is 2. The fourth-order valence-corrected chi connectivity index (χ4v) is 1.66. The molecule has 0 saturated heterocycles. The van der Waals surface area contributed by atoms with Crippen molar-refractivity contribution in [2.45, 2.75) is 6.92 Å². The van der Waals surface area contributed by atoms with Crippen LogP contribution in [0, 0.1) is 22.7 Å². The normalized spacial score (nSPS) is 12.5. The van der Waals surface area contributed by atoms with Crippen LogP contribution < -0.4 is 0 Å². The largest absolute Gasteiger partial charge is 0.192 e. The predicted octanol–water partition coefficient (Wildman–Crippen LogP) is 4.18. The summed E-state index contributed by atoms with van der Waals surface area (Å²) in [4.78, 5) is 0. The van der Waals surface area contributed by atoms with E-state index in [0.29, 0.717) is 16.7 Å². The topological polar surface area (TPSA) is 47.6 Å². The van der Waals surface area contributed by atoms with E-state index < -0.39 is 0 Å². The summed E-state index contributed by atoms with van der Waals surface area (Å²) in [6.45, 7) is 5.49. The van der Waals surface area contributed by atoms with Crippen LogP contribution in [-0.4, -0.2) is 0 Å². The van der Waals surface area contributed by atoms with Crippen molar-refractivity contribution in [1.82, 2.24) is 0 Å². The van der Waals surface area contributed by atoms with Gasteiger partial charge >= 0.3 is 0 Å². The average molecular weight is 246 g/mol. The average Bonchev–Trinajstić information content (AvgIpc) is 2.45. The highest BCUT2D eigenvalue weighted by Crippen LogP contribution is 2.23. The molecule has 19 heavy (non-hydrogen) atoms. The molecule has 1 rings (SSSR count). The number of allylic oxidation sites excluding steroid dienone is 7. The lowest BCUT2D eigenvalue weighted by atomic mass is 9.95. The van der Waals surface area contributed by atoms with E-state index in [2.05, 4.69) is 18.7 Å². The molecule has 92 valence electrons. The van der Waals surface area contributed by atoms with Crippen LogP contribution in [0.1, 0.15) is 12.5 Å². The number of hydrogen-bond donors (Lipinski definition) is 0. The van der Waals surface area contributed by atoms with Gasteiger partial charge in [0.1, 0.15) is 12.1 Å². The molecule has 0 radical (unpaired) electrons. The highest BCUT2D eigenvalue weighted by atomic mass is 14.3. The maximum absolute atomic E-state index is 9.34. The molecule has 0 fully saturated rings. The maximum Gasteiger partial charge on any atom is 0.101 e. The Kier molecular flexibility index (Phi) is 5.60. The van der Waals surface area contributed by atoms with Crippen LogP contribution in [0.3, 0.4) is 0 Å². The number of nitriles is 2. The van der Waals surface area contributed by atoms with Gasteiger partial charge in [-0.3, -0.25) is 0 Å². The molecule has 0 bridgehead atoms. The lowest BCUT2D eigenvalue weighted by Crippen LogP contribution is -1.91. The van der Waals surface area contributed by atoms with Gasteiger partial charge in [-0.25, -0.2) is 0 Å². The quantitative estimate of drug-likeness (QED) is 0.591. The number of benzene rings is 1. The Morgan fingerprint density at radius 1 is 1.16 bits per heavy atom. The summed E-state index contributed by atoms with van der Waals surface area (Å²) in [6.07, 6.45) is 6.94. The van der Waals surface area contributed by atoms with Gasteiger partial charge in [-0.2, -0.15) is 10.5 Å². The van der Waals surface area contributed by atoms with Crippen molar-refractivity contribution >= 4 is 5.57 Å². The highest BCUT2D eigenvalue weighted by molar-refractivity contribution is 5.85. The molecule has 0 aliphatic rings. The van der Waals surface area contributed by atoms with Gasteiger partial charge in [-0.1, -0.05) is 61.2 Å². The van der Waals surface area contributed by atoms with Gasteiger partial charge in [0.05, 0.1) is 11.1 Å². The van der Waals surface area contributed by atoms with E-state index in [0.717, 1.165) is 5.56 Å². The number of rotatable bonds is 4. The van der Waals surface area contributed by atoms with Crippen LogP contribution in [0.4, 0.5) is 0 Å². The SMILES string of the molecule is C=C/C=C(\C=C/C)C(/C#N)=C(/C#N)c1ccccc1. The Morgan fingerprint density at radius 2 is 1.84 bits per heavy atom. The maximum atomic E-state index is 9.34. The lowest BCUT2D eigenvalue weighted by molar-refractivity contribution is 1.44. The van der Waals surface area contributed by atoms with E-state index in [1.165, 1.54) is 0 Å². The zero-order valence-electron chi connectivity index (χ0n) is 10.8. The summed E-state index contributed by atoms with van der Waals surface area (Å²) >= 11 is 0. The molecule has 0 aliphatic carbocycles.